The lowest BCUT2D eigenvalue weighted by molar-refractivity contribution is -0.117. The maximum atomic E-state index is 11.9. The van der Waals surface area contributed by atoms with Crippen LogP contribution in [-0.4, -0.2) is 39.1 Å². The molecule has 0 spiro atoms. The number of nitrogens with one attached hydrogen (secondary N) is 2. The lowest BCUT2D eigenvalue weighted by atomic mass is 10.2. The van der Waals surface area contributed by atoms with Crippen molar-refractivity contribution in [3.63, 3.8) is 0 Å². The van der Waals surface area contributed by atoms with Crippen molar-refractivity contribution in [2.45, 2.75) is 32.2 Å². The van der Waals surface area contributed by atoms with E-state index in [4.69, 9.17) is 0 Å². The van der Waals surface area contributed by atoms with Gasteiger partial charge in [0, 0.05) is 36.8 Å². The fraction of sp³-hybridized carbons (Fsp3) is 0.467. The van der Waals surface area contributed by atoms with Crippen molar-refractivity contribution < 1.29 is 18.0 Å². The number of rotatable bonds is 6. The van der Waals surface area contributed by atoms with Gasteiger partial charge in [0.15, 0.2) is 0 Å². The lowest BCUT2D eigenvalue weighted by Gasteiger charge is -2.22. The first kappa shape index (κ1) is 17.4. The van der Waals surface area contributed by atoms with Crippen LogP contribution in [0.5, 0.6) is 0 Å². The molecular weight excluding hydrogens is 318 g/mol. The average Bonchev–Trinajstić information content (AvgIpc) is 2.77. The molecule has 1 saturated heterocycles. The third-order valence-electron chi connectivity index (χ3n) is 3.61. The molecule has 0 radical (unpaired) electrons. The lowest BCUT2D eigenvalue weighted by Crippen LogP contribution is -2.30. The van der Waals surface area contributed by atoms with Crippen LogP contribution in [-0.2, 0) is 19.6 Å². The van der Waals surface area contributed by atoms with Crippen molar-refractivity contribution >= 4 is 33.2 Å². The fourth-order valence-corrected chi connectivity index (χ4v) is 3.01. The molecule has 1 aliphatic rings. The number of anilines is 2. The number of carbonyl (C=O) groups excluding carboxylic acids is 2. The van der Waals surface area contributed by atoms with Gasteiger partial charge in [-0.2, -0.15) is 0 Å². The minimum atomic E-state index is -3.30. The molecule has 7 nitrogen and oxygen atoms in total. The zero-order chi connectivity index (χ0) is 17.0. The molecule has 1 aliphatic heterocycles. The Kier molecular flexibility index (Phi) is 5.38. The second-order valence-electron chi connectivity index (χ2n) is 5.67. The fourth-order valence-electron chi connectivity index (χ4n) is 2.53. The number of sulfonamides is 1. The Hall–Kier alpha value is -1.93. The summed E-state index contributed by atoms with van der Waals surface area (Å²) in [6.07, 6.45) is 2.44. The maximum absolute atomic E-state index is 11.9. The van der Waals surface area contributed by atoms with Crippen molar-refractivity contribution in [3.8, 4) is 0 Å². The quantitative estimate of drug-likeness (QED) is 0.811. The van der Waals surface area contributed by atoms with Gasteiger partial charge in [0.1, 0.15) is 0 Å². The first-order valence-corrected chi connectivity index (χ1v) is 9.32. The van der Waals surface area contributed by atoms with Gasteiger partial charge in [0.25, 0.3) is 0 Å². The highest BCUT2D eigenvalue weighted by atomic mass is 32.2. The van der Waals surface area contributed by atoms with Crippen molar-refractivity contribution in [1.29, 1.82) is 0 Å². The summed E-state index contributed by atoms with van der Waals surface area (Å²) >= 11 is 0. The van der Waals surface area contributed by atoms with Crippen LogP contribution in [0.4, 0.5) is 11.4 Å². The SMILES string of the molecule is CC1CCC(=O)N1c1cccc(NC(=O)CCNS(C)(=O)=O)c1. The highest BCUT2D eigenvalue weighted by Gasteiger charge is 2.28. The predicted octanol–water partition coefficient (Wildman–Crippen LogP) is 1.08. The van der Waals surface area contributed by atoms with Gasteiger partial charge in [-0.1, -0.05) is 6.07 Å². The number of hydrogen-bond acceptors (Lipinski definition) is 4. The summed E-state index contributed by atoms with van der Waals surface area (Å²) in [6.45, 7) is 2.04. The van der Waals surface area contributed by atoms with E-state index in [0.717, 1.165) is 18.4 Å². The van der Waals surface area contributed by atoms with Crippen molar-refractivity contribution in [1.82, 2.24) is 4.72 Å². The Labute approximate surface area is 136 Å². The van der Waals surface area contributed by atoms with Crippen LogP contribution in [0.3, 0.4) is 0 Å². The van der Waals surface area contributed by atoms with Gasteiger partial charge < -0.3 is 10.2 Å². The molecule has 0 saturated carbocycles. The number of nitrogens with zero attached hydrogens (tertiary/aromatic N) is 1. The summed E-state index contributed by atoms with van der Waals surface area (Å²) in [5, 5.41) is 2.71. The molecule has 126 valence electrons. The van der Waals surface area contributed by atoms with E-state index in [-0.39, 0.29) is 30.8 Å². The van der Waals surface area contributed by atoms with Crippen LogP contribution >= 0.6 is 0 Å². The van der Waals surface area contributed by atoms with Gasteiger partial charge in [-0.3, -0.25) is 9.59 Å². The molecule has 8 heteroatoms. The maximum Gasteiger partial charge on any atom is 0.227 e. The molecule has 1 atom stereocenters. The predicted molar refractivity (Wildman–Crippen MR) is 88.7 cm³/mol. The highest BCUT2D eigenvalue weighted by Crippen LogP contribution is 2.28. The average molecular weight is 339 g/mol. The number of amides is 2. The second kappa shape index (κ2) is 7.10. The van der Waals surface area contributed by atoms with Crippen LogP contribution in [0.2, 0.25) is 0 Å². The molecule has 23 heavy (non-hydrogen) atoms. The molecule has 1 unspecified atom stereocenters. The van der Waals surface area contributed by atoms with Crippen molar-refractivity contribution in [2.24, 2.45) is 0 Å². The van der Waals surface area contributed by atoms with Gasteiger partial charge >= 0.3 is 0 Å². The Morgan fingerprint density at radius 2 is 2.13 bits per heavy atom. The third-order valence-corrected chi connectivity index (χ3v) is 4.34. The van der Waals surface area contributed by atoms with E-state index in [1.807, 2.05) is 13.0 Å². The van der Waals surface area contributed by atoms with Gasteiger partial charge in [0.2, 0.25) is 21.8 Å². The van der Waals surface area contributed by atoms with Crippen LogP contribution in [0.15, 0.2) is 24.3 Å². The van der Waals surface area contributed by atoms with Crippen molar-refractivity contribution in [3.05, 3.63) is 24.3 Å². The van der Waals surface area contributed by atoms with Crippen LogP contribution < -0.4 is 14.9 Å². The Morgan fingerprint density at radius 1 is 1.39 bits per heavy atom. The third kappa shape index (κ3) is 5.04. The van der Waals surface area contributed by atoms with E-state index in [0.29, 0.717) is 12.1 Å². The first-order chi connectivity index (χ1) is 10.8. The van der Waals surface area contributed by atoms with Crippen LogP contribution in [0, 0.1) is 0 Å². The minimum absolute atomic E-state index is 0.0380. The summed E-state index contributed by atoms with van der Waals surface area (Å²) in [6, 6.07) is 7.24. The van der Waals surface area contributed by atoms with Gasteiger partial charge in [-0.05, 0) is 31.5 Å². The summed E-state index contributed by atoms with van der Waals surface area (Å²) < 4.78 is 24.2. The molecule has 1 fully saturated rings. The van der Waals surface area contributed by atoms with Crippen molar-refractivity contribution in [2.75, 3.05) is 23.0 Å². The summed E-state index contributed by atoms with van der Waals surface area (Å²) in [7, 11) is -3.30. The smallest absolute Gasteiger partial charge is 0.227 e. The number of carbonyl (C=O) groups is 2. The first-order valence-electron chi connectivity index (χ1n) is 7.43. The van der Waals surface area contributed by atoms with Gasteiger partial charge in [0.05, 0.1) is 6.26 Å². The summed E-state index contributed by atoms with van der Waals surface area (Å²) in [5.41, 5.74) is 1.34. The molecule has 1 aromatic rings. The van der Waals surface area contributed by atoms with E-state index < -0.39 is 10.0 Å². The molecule has 0 aromatic heterocycles. The second-order valence-corrected chi connectivity index (χ2v) is 7.50. The largest absolute Gasteiger partial charge is 0.326 e. The summed E-state index contributed by atoms with van der Waals surface area (Å²) in [5.74, 6) is -0.211. The molecule has 1 aromatic carbocycles. The highest BCUT2D eigenvalue weighted by molar-refractivity contribution is 7.88. The Morgan fingerprint density at radius 3 is 2.74 bits per heavy atom. The zero-order valence-electron chi connectivity index (χ0n) is 13.2. The topological polar surface area (TPSA) is 95.6 Å². The monoisotopic (exact) mass is 339 g/mol. The van der Waals surface area contributed by atoms with E-state index in [2.05, 4.69) is 10.0 Å². The number of hydrogen-bond donors (Lipinski definition) is 2. The molecule has 1 heterocycles. The molecule has 2 N–H and O–H groups in total. The van der Waals surface area contributed by atoms with Gasteiger partial charge in [-0.15, -0.1) is 0 Å². The minimum Gasteiger partial charge on any atom is -0.326 e. The normalized spacial score (nSPS) is 18.3. The van der Waals surface area contributed by atoms with Crippen LogP contribution in [0.25, 0.3) is 0 Å². The zero-order valence-corrected chi connectivity index (χ0v) is 14.0. The van der Waals surface area contributed by atoms with Gasteiger partial charge in [-0.25, -0.2) is 13.1 Å². The molecule has 0 aliphatic carbocycles. The van der Waals surface area contributed by atoms with Crippen LogP contribution in [0.1, 0.15) is 26.2 Å². The number of benzene rings is 1. The van der Waals surface area contributed by atoms with E-state index in [9.17, 15) is 18.0 Å². The van der Waals surface area contributed by atoms with E-state index in [1.54, 1.807) is 23.1 Å². The Balaban J connectivity index is 1.97. The summed E-state index contributed by atoms with van der Waals surface area (Å²) in [4.78, 5) is 25.5. The van der Waals surface area contributed by atoms with E-state index in [1.165, 1.54) is 0 Å². The standard InChI is InChI=1S/C15H21N3O4S/c1-11-6-7-15(20)18(11)13-5-3-4-12(10-13)17-14(19)8-9-16-23(2,21)22/h3-5,10-11,16H,6-9H2,1-2H3,(H,17,19). The molecule has 2 rings (SSSR count). The molecule has 0 bridgehead atoms. The Bertz CT molecular complexity index is 702. The van der Waals surface area contributed by atoms with E-state index >= 15 is 0 Å². The molecular formula is C15H21N3O4S. The molecule has 2 amide bonds.